The third kappa shape index (κ3) is 3.67. The van der Waals surface area contributed by atoms with Crippen molar-refractivity contribution in [3.63, 3.8) is 0 Å². The van der Waals surface area contributed by atoms with Crippen LogP contribution in [0.1, 0.15) is 53.2 Å². The molecule has 0 radical (unpaired) electrons. The Morgan fingerprint density at radius 3 is 2.63 bits per heavy atom. The summed E-state index contributed by atoms with van der Waals surface area (Å²) in [7, 11) is 0. The van der Waals surface area contributed by atoms with Crippen LogP contribution in [0.15, 0.2) is 6.07 Å². The summed E-state index contributed by atoms with van der Waals surface area (Å²) < 4.78 is 5.84. The first-order valence-corrected chi connectivity index (χ1v) is 8.01. The van der Waals surface area contributed by atoms with Crippen LogP contribution in [0, 0.1) is 25.7 Å². The summed E-state index contributed by atoms with van der Waals surface area (Å²) in [6.07, 6.45) is 3.68. The third-order valence-electron chi connectivity index (χ3n) is 4.34. The summed E-state index contributed by atoms with van der Waals surface area (Å²) >= 11 is 1.68. The van der Waals surface area contributed by atoms with Gasteiger partial charge in [-0.05, 0) is 51.0 Å². The van der Waals surface area contributed by atoms with Crippen molar-refractivity contribution in [2.24, 2.45) is 11.8 Å². The topological polar surface area (TPSA) is 26.3 Å². The summed E-state index contributed by atoms with van der Waals surface area (Å²) in [6.45, 7) is 8.88. The van der Waals surface area contributed by atoms with Gasteiger partial charge in [-0.2, -0.15) is 0 Å². The van der Waals surface area contributed by atoms with E-state index in [0.29, 0.717) is 5.92 Å². The fourth-order valence-corrected chi connectivity index (χ4v) is 3.77. The number of ether oxygens (including phenoxy) is 1. The van der Waals surface area contributed by atoms with E-state index >= 15 is 0 Å². The molecule has 19 heavy (non-hydrogen) atoms. The number of hydrogen-bond donors (Lipinski definition) is 0. The first kappa shape index (κ1) is 14.7. The minimum absolute atomic E-state index is 0.133. The van der Waals surface area contributed by atoms with E-state index in [1.165, 1.54) is 11.3 Å². The molecular weight excluding hydrogens is 256 g/mol. The van der Waals surface area contributed by atoms with Crippen molar-refractivity contribution in [2.75, 3.05) is 6.61 Å². The normalized spacial score (nSPS) is 27.5. The molecule has 106 valence electrons. The monoisotopic (exact) mass is 280 g/mol. The molecule has 0 aromatic carbocycles. The smallest absolute Gasteiger partial charge is 0.189 e. The van der Waals surface area contributed by atoms with E-state index in [9.17, 15) is 4.79 Å². The number of aryl methyl sites for hydroxylation is 2. The van der Waals surface area contributed by atoms with Gasteiger partial charge < -0.3 is 4.74 Å². The highest BCUT2D eigenvalue weighted by Crippen LogP contribution is 2.31. The van der Waals surface area contributed by atoms with Crippen LogP contribution in [0.4, 0.5) is 0 Å². The molecule has 1 aliphatic carbocycles. The molecule has 0 N–H and O–H groups in total. The second-order valence-electron chi connectivity index (χ2n) is 5.95. The lowest BCUT2D eigenvalue weighted by Gasteiger charge is -2.31. The minimum Gasteiger partial charge on any atom is -0.370 e. The fraction of sp³-hybridized carbons (Fsp3) is 0.688. The van der Waals surface area contributed by atoms with Crippen molar-refractivity contribution in [3.8, 4) is 0 Å². The maximum absolute atomic E-state index is 12.1. The number of carbonyl (C=O) groups excluding carboxylic acids is 1. The summed E-state index contributed by atoms with van der Waals surface area (Å²) in [5.41, 5.74) is 0.847. The van der Waals surface area contributed by atoms with Gasteiger partial charge in [-0.1, -0.05) is 13.8 Å². The zero-order valence-corrected chi connectivity index (χ0v) is 13.2. The Kier molecular flexibility index (Phi) is 4.80. The quantitative estimate of drug-likeness (QED) is 0.765. The first-order chi connectivity index (χ1) is 8.97. The zero-order chi connectivity index (χ0) is 14.0. The Hall–Kier alpha value is -0.670. The standard InChI is InChI=1S/C16H24O2S/c1-10-5-6-14(7-11(10)2)18-9-16(17)15-8-12(3)19-13(15)4/h8,10-11,14H,5-7,9H2,1-4H3. The number of hydrogen-bond acceptors (Lipinski definition) is 3. The van der Waals surface area contributed by atoms with Gasteiger partial charge in [-0.15, -0.1) is 11.3 Å². The van der Waals surface area contributed by atoms with Crippen molar-refractivity contribution < 1.29 is 9.53 Å². The molecule has 2 rings (SSSR count). The van der Waals surface area contributed by atoms with E-state index in [1.54, 1.807) is 11.3 Å². The van der Waals surface area contributed by atoms with Crippen LogP contribution in [0.5, 0.6) is 0 Å². The van der Waals surface area contributed by atoms with Gasteiger partial charge >= 0.3 is 0 Å². The lowest BCUT2D eigenvalue weighted by molar-refractivity contribution is 0.00707. The molecule has 1 aliphatic rings. The molecule has 0 saturated heterocycles. The van der Waals surface area contributed by atoms with Crippen molar-refractivity contribution >= 4 is 17.1 Å². The molecule has 3 heteroatoms. The lowest BCUT2D eigenvalue weighted by atomic mass is 9.80. The van der Waals surface area contributed by atoms with Gasteiger partial charge in [-0.25, -0.2) is 0 Å². The second kappa shape index (κ2) is 6.19. The number of ketones is 1. The van der Waals surface area contributed by atoms with Gasteiger partial charge in [0.2, 0.25) is 0 Å². The highest BCUT2D eigenvalue weighted by Gasteiger charge is 2.25. The van der Waals surface area contributed by atoms with E-state index in [4.69, 9.17) is 4.74 Å². The largest absolute Gasteiger partial charge is 0.370 e. The zero-order valence-electron chi connectivity index (χ0n) is 12.4. The molecule has 1 heterocycles. The van der Waals surface area contributed by atoms with Gasteiger partial charge in [0.1, 0.15) is 6.61 Å². The highest BCUT2D eigenvalue weighted by atomic mass is 32.1. The van der Waals surface area contributed by atoms with Crippen LogP contribution < -0.4 is 0 Å². The summed E-state index contributed by atoms with van der Waals surface area (Å²) in [6, 6.07) is 1.98. The van der Waals surface area contributed by atoms with Gasteiger partial charge in [0.05, 0.1) is 6.10 Å². The van der Waals surface area contributed by atoms with Crippen LogP contribution in [-0.4, -0.2) is 18.5 Å². The van der Waals surface area contributed by atoms with E-state index in [-0.39, 0.29) is 18.5 Å². The lowest BCUT2D eigenvalue weighted by Crippen LogP contribution is -2.28. The number of rotatable bonds is 4. The van der Waals surface area contributed by atoms with Gasteiger partial charge in [0.25, 0.3) is 0 Å². The van der Waals surface area contributed by atoms with Crippen molar-refractivity contribution in [2.45, 2.75) is 53.1 Å². The Bertz CT molecular complexity index is 450. The van der Waals surface area contributed by atoms with Crippen molar-refractivity contribution in [3.05, 3.63) is 21.4 Å². The molecular formula is C16H24O2S. The number of Topliss-reactive ketones (excluding diaryl/α,β-unsaturated/α-hetero) is 1. The maximum Gasteiger partial charge on any atom is 0.189 e. The maximum atomic E-state index is 12.1. The van der Waals surface area contributed by atoms with Crippen LogP contribution in [0.25, 0.3) is 0 Å². The van der Waals surface area contributed by atoms with Gasteiger partial charge in [0.15, 0.2) is 5.78 Å². The Morgan fingerprint density at radius 1 is 1.32 bits per heavy atom. The predicted molar refractivity (Wildman–Crippen MR) is 80.0 cm³/mol. The molecule has 1 saturated carbocycles. The number of thiophene rings is 1. The Labute approximate surface area is 120 Å². The van der Waals surface area contributed by atoms with Gasteiger partial charge in [0, 0.05) is 15.3 Å². The molecule has 3 atom stereocenters. The minimum atomic E-state index is 0.133. The van der Waals surface area contributed by atoms with E-state index in [0.717, 1.165) is 29.2 Å². The van der Waals surface area contributed by atoms with Crippen LogP contribution in [0.2, 0.25) is 0 Å². The number of carbonyl (C=O) groups is 1. The Balaban J connectivity index is 1.86. The highest BCUT2D eigenvalue weighted by molar-refractivity contribution is 7.12. The molecule has 0 aliphatic heterocycles. The molecule has 1 fully saturated rings. The summed E-state index contributed by atoms with van der Waals surface area (Å²) in [4.78, 5) is 14.5. The molecule has 1 aromatic heterocycles. The first-order valence-electron chi connectivity index (χ1n) is 7.19. The average molecular weight is 280 g/mol. The molecule has 0 amide bonds. The van der Waals surface area contributed by atoms with Crippen LogP contribution in [-0.2, 0) is 4.74 Å². The molecule has 2 nitrogen and oxygen atoms in total. The van der Waals surface area contributed by atoms with Crippen molar-refractivity contribution in [1.82, 2.24) is 0 Å². The SMILES string of the molecule is Cc1cc(C(=O)COC2CCC(C)C(C)C2)c(C)s1. The van der Waals surface area contributed by atoms with Crippen LogP contribution >= 0.6 is 11.3 Å². The van der Waals surface area contributed by atoms with E-state index in [2.05, 4.69) is 13.8 Å². The molecule has 3 unspecified atom stereocenters. The van der Waals surface area contributed by atoms with E-state index < -0.39 is 0 Å². The molecule has 0 bridgehead atoms. The van der Waals surface area contributed by atoms with Crippen molar-refractivity contribution in [1.29, 1.82) is 0 Å². The fourth-order valence-electron chi connectivity index (χ4n) is 2.83. The Morgan fingerprint density at radius 2 is 2.05 bits per heavy atom. The van der Waals surface area contributed by atoms with Gasteiger partial charge in [-0.3, -0.25) is 4.79 Å². The summed E-state index contributed by atoms with van der Waals surface area (Å²) in [5.74, 6) is 1.63. The molecule has 1 aromatic rings. The third-order valence-corrected chi connectivity index (χ3v) is 5.31. The van der Waals surface area contributed by atoms with Crippen LogP contribution in [0.3, 0.4) is 0 Å². The predicted octanol–water partition coefficient (Wildman–Crippen LogP) is 4.39. The summed E-state index contributed by atoms with van der Waals surface area (Å²) in [5, 5.41) is 0. The second-order valence-corrected chi connectivity index (χ2v) is 7.41. The molecule has 0 spiro atoms. The van der Waals surface area contributed by atoms with E-state index in [1.807, 2.05) is 19.9 Å². The average Bonchev–Trinajstić information content (AvgIpc) is 2.70.